The number of amides is 1. The second-order valence-electron chi connectivity index (χ2n) is 10.3. The second kappa shape index (κ2) is 7.80. The Morgan fingerprint density at radius 3 is 2.58 bits per heavy atom. The summed E-state index contributed by atoms with van der Waals surface area (Å²) in [7, 11) is 0. The van der Waals surface area contributed by atoms with Gasteiger partial charge in [-0.3, -0.25) is 4.79 Å². The molecule has 6 heteroatoms. The zero-order valence-electron chi connectivity index (χ0n) is 19.8. The number of aliphatic hydroxyl groups is 1. The third-order valence-corrected chi connectivity index (χ3v) is 6.90. The molecule has 1 atom stereocenters. The first-order valence-corrected chi connectivity index (χ1v) is 11.7. The van der Waals surface area contributed by atoms with Crippen molar-refractivity contribution in [1.82, 2.24) is 4.57 Å². The van der Waals surface area contributed by atoms with Crippen molar-refractivity contribution < 1.29 is 19.4 Å². The van der Waals surface area contributed by atoms with Gasteiger partial charge in [0.2, 0.25) is 12.7 Å². The molecule has 3 aromatic rings. The van der Waals surface area contributed by atoms with Crippen LogP contribution in [0.25, 0.3) is 10.9 Å². The van der Waals surface area contributed by atoms with Crippen LogP contribution in [0, 0.1) is 0 Å². The maximum atomic E-state index is 13.3. The third-order valence-electron chi connectivity index (χ3n) is 6.90. The van der Waals surface area contributed by atoms with Crippen LogP contribution in [0.1, 0.15) is 58.2 Å². The number of hydrogen-bond donors (Lipinski definition) is 2. The Morgan fingerprint density at radius 2 is 1.88 bits per heavy atom. The van der Waals surface area contributed by atoms with Gasteiger partial charge in [0, 0.05) is 34.2 Å². The highest BCUT2D eigenvalue weighted by Gasteiger charge is 2.51. The topological polar surface area (TPSA) is 72.7 Å². The molecule has 2 heterocycles. The highest BCUT2D eigenvalue weighted by molar-refractivity contribution is 6.02. The SMILES string of the molecule is CCC(O)Cn1c(C(C)(C)C)cc2cc(NC(=O)C3(c4ccc5c(c4)OCO5)CC3)ccc21. The second-order valence-corrected chi connectivity index (χ2v) is 10.3. The van der Waals surface area contributed by atoms with E-state index in [1.165, 1.54) is 5.69 Å². The standard InChI is InChI=1S/C27H32N2O4/c1-5-20(30)15-29-21-8-7-19(12-17(21)13-24(29)26(2,3)4)28-25(31)27(10-11-27)18-6-9-22-23(14-18)33-16-32-22/h6-9,12-14,20,30H,5,10-11,15-16H2,1-4H3,(H,28,31). The summed E-state index contributed by atoms with van der Waals surface area (Å²) in [6.07, 6.45) is 1.96. The number of benzene rings is 2. The summed E-state index contributed by atoms with van der Waals surface area (Å²) in [5.41, 5.74) is 3.43. The lowest BCUT2D eigenvalue weighted by molar-refractivity contribution is -0.118. The molecule has 1 amide bonds. The van der Waals surface area contributed by atoms with E-state index in [1.54, 1.807) is 0 Å². The van der Waals surface area contributed by atoms with Gasteiger partial charge in [-0.1, -0.05) is 33.8 Å². The maximum Gasteiger partial charge on any atom is 0.235 e. The summed E-state index contributed by atoms with van der Waals surface area (Å²) < 4.78 is 13.1. The van der Waals surface area contributed by atoms with Crippen molar-refractivity contribution in [2.24, 2.45) is 0 Å². The number of nitrogens with zero attached hydrogens (tertiary/aromatic N) is 1. The van der Waals surface area contributed by atoms with Crippen molar-refractivity contribution in [3.63, 3.8) is 0 Å². The van der Waals surface area contributed by atoms with Gasteiger partial charge in [-0.25, -0.2) is 0 Å². The van der Waals surface area contributed by atoms with Crippen molar-refractivity contribution in [3.05, 3.63) is 53.7 Å². The summed E-state index contributed by atoms with van der Waals surface area (Å²) in [6.45, 7) is 9.33. The fourth-order valence-corrected chi connectivity index (χ4v) is 4.72. The van der Waals surface area contributed by atoms with Gasteiger partial charge in [-0.05, 0) is 61.2 Å². The molecule has 6 nitrogen and oxygen atoms in total. The molecule has 2 aliphatic rings. The summed E-state index contributed by atoms with van der Waals surface area (Å²) in [6, 6.07) is 14.0. The molecule has 1 saturated carbocycles. The minimum atomic E-state index is -0.510. The number of hydrogen-bond acceptors (Lipinski definition) is 4. The first-order valence-electron chi connectivity index (χ1n) is 11.7. The zero-order chi connectivity index (χ0) is 23.4. The molecule has 0 saturated heterocycles. The van der Waals surface area contributed by atoms with Crippen LogP contribution < -0.4 is 14.8 Å². The predicted octanol–water partition coefficient (Wildman–Crippen LogP) is 5.11. The van der Waals surface area contributed by atoms with E-state index in [4.69, 9.17) is 9.47 Å². The molecular weight excluding hydrogens is 416 g/mol. The van der Waals surface area contributed by atoms with Crippen LogP contribution in [0.15, 0.2) is 42.5 Å². The number of anilines is 1. The lowest BCUT2D eigenvalue weighted by Crippen LogP contribution is -2.27. The molecule has 2 N–H and O–H groups in total. The van der Waals surface area contributed by atoms with Crippen molar-refractivity contribution in [2.75, 3.05) is 12.1 Å². The van der Waals surface area contributed by atoms with E-state index >= 15 is 0 Å². The molecule has 1 aromatic heterocycles. The average Bonchev–Trinajstić information content (AvgIpc) is 3.32. The first-order chi connectivity index (χ1) is 15.7. The van der Waals surface area contributed by atoms with Crippen LogP contribution in [0.5, 0.6) is 11.5 Å². The smallest absolute Gasteiger partial charge is 0.235 e. The number of fused-ring (bicyclic) bond motifs is 2. The number of ether oxygens (including phenoxy) is 2. The van der Waals surface area contributed by atoms with E-state index in [9.17, 15) is 9.90 Å². The minimum Gasteiger partial charge on any atom is -0.454 e. The largest absolute Gasteiger partial charge is 0.454 e. The summed E-state index contributed by atoms with van der Waals surface area (Å²) >= 11 is 0. The summed E-state index contributed by atoms with van der Waals surface area (Å²) in [5, 5.41) is 14.5. The van der Waals surface area contributed by atoms with E-state index in [1.807, 2.05) is 43.3 Å². The fourth-order valence-electron chi connectivity index (χ4n) is 4.72. The maximum absolute atomic E-state index is 13.3. The van der Waals surface area contributed by atoms with Gasteiger partial charge in [0.25, 0.3) is 0 Å². The quantitative estimate of drug-likeness (QED) is 0.550. The van der Waals surface area contributed by atoms with Gasteiger partial charge in [-0.15, -0.1) is 0 Å². The predicted molar refractivity (Wildman–Crippen MR) is 129 cm³/mol. The fraction of sp³-hybridized carbons (Fsp3) is 0.444. The van der Waals surface area contributed by atoms with Crippen LogP contribution in [0.3, 0.4) is 0 Å². The molecular formula is C27H32N2O4. The van der Waals surface area contributed by atoms with Gasteiger partial charge >= 0.3 is 0 Å². The molecule has 5 rings (SSSR count). The highest BCUT2D eigenvalue weighted by Crippen LogP contribution is 2.51. The molecule has 1 fully saturated rings. The van der Waals surface area contributed by atoms with Crippen molar-refractivity contribution in [2.45, 2.75) is 70.4 Å². The van der Waals surface area contributed by atoms with Crippen LogP contribution in [0.4, 0.5) is 5.69 Å². The lowest BCUT2D eigenvalue weighted by Gasteiger charge is -2.23. The van der Waals surface area contributed by atoms with Crippen LogP contribution in [-0.2, 0) is 22.2 Å². The van der Waals surface area contributed by atoms with E-state index in [0.29, 0.717) is 18.7 Å². The first kappa shape index (κ1) is 21.8. The molecule has 33 heavy (non-hydrogen) atoms. The zero-order valence-corrected chi connectivity index (χ0v) is 19.8. The Morgan fingerprint density at radius 1 is 1.12 bits per heavy atom. The van der Waals surface area contributed by atoms with E-state index in [-0.39, 0.29) is 18.1 Å². The summed E-state index contributed by atoms with van der Waals surface area (Å²) in [5.74, 6) is 1.45. The number of carbonyl (C=O) groups excluding carboxylic acids is 1. The molecule has 1 aliphatic carbocycles. The molecule has 0 bridgehead atoms. The Balaban J connectivity index is 1.43. The highest BCUT2D eigenvalue weighted by atomic mass is 16.7. The molecule has 0 radical (unpaired) electrons. The Bertz CT molecular complexity index is 1220. The van der Waals surface area contributed by atoms with E-state index in [0.717, 1.165) is 40.7 Å². The van der Waals surface area contributed by atoms with Gasteiger partial charge in [-0.2, -0.15) is 0 Å². The number of carbonyl (C=O) groups is 1. The molecule has 1 aliphatic heterocycles. The lowest BCUT2D eigenvalue weighted by atomic mass is 9.92. The van der Waals surface area contributed by atoms with Gasteiger partial charge < -0.3 is 24.5 Å². The van der Waals surface area contributed by atoms with Gasteiger partial charge in [0.05, 0.1) is 11.5 Å². The van der Waals surface area contributed by atoms with Crippen LogP contribution in [0.2, 0.25) is 0 Å². The van der Waals surface area contributed by atoms with E-state index in [2.05, 4.69) is 36.7 Å². The monoisotopic (exact) mass is 448 g/mol. The van der Waals surface area contributed by atoms with Crippen molar-refractivity contribution in [1.29, 1.82) is 0 Å². The number of rotatable bonds is 6. The third kappa shape index (κ3) is 3.86. The molecule has 0 spiro atoms. The molecule has 1 unspecified atom stereocenters. The van der Waals surface area contributed by atoms with Crippen LogP contribution in [-0.4, -0.2) is 28.5 Å². The summed E-state index contributed by atoms with van der Waals surface area (Å²) in [4.78, 5) is 13.3. The molecule has 174 valence electrons. The Labute approximate surface area is 194 Å². The van der Waals surface area contributed by atoms with Crippen molar-refractivity contribution >= 4 is 22.5 Å². The number of aromatic nitrogens is 1. The normalized spacial score (nSPS) is 17.2. The Kier molecular flexibility index (Phi) is 5.16. The van der Waals surface area contributed by atoms with E-state index < -0.39 is 11.5 Å². The van der Waals surface area contributed by atoms with Crippen molar-refractivity contribution in [3.8, 4) is 11.5 Å². The Hall–Kier alpha value is -2.99. The number of nitrogens with one attached hydrogen (secondary N) is 1. The molecule has 2 aromatic carbocycles. The minimum absolute atomic E-state index is 0.0117. The number of aliphatic hydroxyl groups excluding tert-OH is 1. The van der Waals surface area contributed by atoms with Gasteiger partial charge in [0.1, 0.15) is 0 Å². The van der Waals surface area contributed by atoms with Crippen LogP contribution >= 0.6 is 0 Å². The van der Waals surface area contributed by atoms with Gasteiger partial charge in [0.15, 0.2) is 11.5 Å². The average molecular weight is 449 g/mol.